The molecule has 0 aromatic heterocycles. The molecule has 0 radical (unpaired) electrons. The van der Waals surface area contributed by atoms with Crippen molar-refractivity contribution >= 4 is 21.8 Å². The summed E-state index contributed by atoms with van der Waals surface area (Å²) < 4.78 is -0.195. The summed E-state index contributed by atoms with van der Waals surface area (Å²) in [5.74, 6) is 0.256. The normalized spacial score (nSPS) is 22.9. The molecule has 86 valence electrons. The van der Waals surface area contributed by atoms with Crippen LogP contribution in [0.5, 0.6) is 0 Å². The third-order valence-corrected chi connectivity index (χ3v) is 4.51. The zero-order valence-corrected chi connectivity index (χ0v) is 11.1. The quantitative estimate of drug-likeness (QED) is 0.709. The minimum atomic E-state index is -0.195. The SMILES string of the molecule is CN(CCN(C)C1CC1)C(=O)C1(Br)CC1. The van der Waals surface area contributed by atoms with Crippen molar-refractivity contribution < 1.29 is 4.79 Å². The molecule has 0 saturated heterocycles. The molecule has 3 nitrogen and oxygen atoms in total. The summed E-state index contributed by atoms with van der Waals surface area (Å²) in [7, 11) is 4.06. The van der Waals surface area contributed by atoms with Crippen molar-refractivity contribution in [1.82, 2.24) is 9.80 Å². The van der Waals surface area contributed by atoms with Crippen LogP contribution in [0.1, 0.15) is 25.7 Å². The highest BCUT2D eigenvalue weighted by Gasteiger charge is 2.48. The van der Waals surface area contributed by atoms with Gasteiger partial charge in [-0.2, -0.15) is 0 Å². The highest BCUT2D eigenvalue weighted by Crippen LogP contribution is 2.45. The summed E-state index contributed by atoms with van der Waals surface area (Å²) in [5, 5.41) is 0. The van der Waals surface area contributed by atoms with Crippen molar-refractivity contribution in [1.29, 1.82) is 0 Å². The molecule has 2 aliphatic carbocycles. The standard InChI is InChI=1S/C11H19BrN2O/c1-13(9-3-4-9)7-8-14(2)10(15)11(12)5-6-11/h9H,3-8H2,1-2H3. The van der Waals surface area contributed by atoms with Crippen molar-refractivity contribution in [3.8, 4) is 0 Å². The maximum Gasteiger partial charge on any atom is 0.239 e. The summed E-state index contributed by atoms with van der Waals surface area (Å²) in [6.45, 7) is 1.84. The molecule has 4 heteroatoms. The number of amides is 1. The molecule has 2 aliphatic rings. The van der Waals surface area contributed by atoms with E-state index in [1.165, 1.54) is 12.8 Å². The van der Waals surface area contributed by atoms with Crippen LogP contribution in [0.3, 0.4) is 0 Å². The molecule has 15 heavy (non-hydrogen) atoms. The first kappa shape index (κ1) is 11.4. The second-order valence-corrected chi connectivity index (χ2v) is 6.42. The van der Waals surface area contributed by atoms with Crippen LogP contribution >= 0.6 is 15.9 Å². The average molecular weight is 275 g/mol. The molecule has 2 saturated carbocycles. The Kier molecular flexibility index (Phi) is 3.08. The van der Waals surface area contributed by atoms with Gasteiger partial charge in [0.25, 0.3) is 0 Å². The fourth-order valence-electron chi connectivity index (χ4n) is 1.77. The van der Waals surface area contributed by atoms with E-state index in [1.807, 2.05) is 11.9 Å². The Balaban J connectivity index is 1.71. The minimum Gasteiger partial charge on any atom is -0.343 e. The van der Waals surface area contributed by atoms with Crippen LogP contribution in [0.4, 0.5) is 0 Å². The van der Waals surface area contributed by atoms with Gasteiger partial charge in [0.1, 0.15) is 4.32 Å². The predicted octanol–water partition coefficient (Wildman–Crippen LogP) is 1.47. The van der Waals surface area contributed by atoms with E-state index in [-0.39, 0.29) is 10.2 Å². The molecule has 0 aliphatic heterocycles. The molecule has 0 aromatic rings. The summed E-state index contributed by atoms with van der Waals surface area (Å²) in [4.78, 5) is 16.1. The molecule has 0 aromatic carbocycles. The van der Waals surface area contributed by atoms with Gasteiger partial charge in [0.05, 0.1) is 0 Å². The zero-order chi connectivity index (χ0) is 11.1. The first-order valence-corrected chi connectivity index (χ1v) is 6.47. The van der Waals surface area contributed by atoms with E-state index in [0.717, 1.165) is 32.0 Å². The second kappa shape index (κ2) is 4.06. The Morgan fingerprint density at radius 3 is 2.40 bits per heavy atom. The van der Waals surface area contributed by atoms with Crippen LogP contribution in [0.15, 0.2) is 0 Å². The molecule has 0 unspecified atom stereocenters. The smallest absolute Gasteiger partial charge is 0.239 e. The lowest BCUT2D eigenvalue weighted by Crippen LogP contribution is -2.39. The van der Waals surface area contributed by atoms with Crippen molar-refractivity contribution in [3.63, 3.8) is 0 Å². The lowest BCUT2D eigenvalue weighted by molar-refractivity contribution is -0.130. The maximum atomic E-state index is 11.9. The third-order valence-electron chi connectivity index (χ3n) is 3.38. The van der Waals surface area contributed by atoms with Gasteiger partial charge in [-0.3, -0.25) is 4.79 Å². The van der Waals surface area contributed by atoms with Gasteiger partial charge in [0, 0.05) is 26.2 Å². The zero-order valence-electron chi connectivity index (χ0n) is 9.50. The highest BCUT2D eigenvalue weighted by atomic mass is 79.9. The molecule has 2 fully saturated rings. The van der Waals surface area contributed by atoms with Gasteiger partial charge in [-0.25, -0.2) is 0 Å². The van der Waals surface area contributed by atoms with Gasteiger partial charge < -0.3 is 9.80 Å². The summed E-state index contributed by atoms with van der Waals surface area (Å²) in [5.41, 5.74) is 0. The van der Waals surface area contributed by atoms with Gasteiger partial charge in [-0.1, -0.05) is 15.9 Å². The number of carbonyl (C=O) groups is 1. The van der Waals surface area contributed by atoms with Crippen molar-refractivity contribution in [3.05, 3.63) is 0 Å². The van der Waals surface area contributed by atoms with E-state index in [4.69, 9.17) is 0 Å². The molecule has 0 spiro atoms. The fourth-order valence-corrected chi connectivity index (χ4v) is 2.27. The third kappa shape index (κ3) is 2.72. The van der Waals surface area contributed by atoms with Crippen LogP contribution in [-0.4, -0.2) is 53.3 Å². The average Bonchev–Trinajstić information content (AvgIpc) is 3.06. The number of hydrogen-bond acceptors (Lipinski definition) is 2. The van der Waals surface area contributed by atoms with E-state index in [0.29, 0.717) is 0 Å². The molecule has 0 heterocycles. The lowest BCUT2D eigenvalue weighted by Gasteiger charge is -2.23. The predicted molar refractivity (Wildman–Crippen MR) is 64.2 cm³/mol. The van der Waals surface area contributed by atoms with Crippen LogP contribution in [-0.2, 0) is 4.79 Å². The van der Waals surface area contributed by atoms with E-state index in [2.05, 4.69) is 27.9 Å². The van der Waals surface area contributed by atoms with Gasteiger partial charge in [-0.15, -0.1) is 0 Å². The van der Waals surface area contributed by atoms with Gasteiger partial charge in [0.15, 0.2) is 0 Å². The van der Waals surface area contributed by atoms with E-state index in [1.54, 1.807) is 0 Å². The van der Waals surface area contributed by atoms with Gasteiger partial charge in [0.2, 0.25) is 5.91 Å². The molecule has 0 N–H and O–H groups in total. The topological polar surface area (TPSA) is 23.6 Å². The van der Waals surface area contributed by atoms with Crippen LogP contribution < -0.4 is 0 Å². The summed E-state index contributed by atoms with van der Waals surface area (Å²) in [6, 6.07) is 0.785. The van der Waals surface area contributed by atoms with Crippen molar-refractivity contribution in [2.24, 2.45) is 0 Å². The molecule has 0 atom stereocenters. The van der Waals surface area contributed by atoms with Crippen LogP contribution in [0.25, 0.3) is 0 Å². The van der Waals surface area contributed by atoms with Gasteiger partial charge in [-0.05, 0) is 32.7 Å². The number of likely N-dealkylation sites (N-methyl/N-ethyl adjacent to an activating group) is 2. The molecular weight excluding hydrogens is 256 g/mol. The van der Waals surface area contributed by atoms with E-state index >= 15 is 0 Å². The molecule has 1 amide bonds. The Morgan fingerprint density at radius 1 is 1.33 bits per heavy atom. The number of carbonyl (C=O) groups excluding carboxylic acids is 1. The Morgan fingerprint density at radius 2 is 1.93 bits per heavy atom. The fraction of sp³-hybridized carbons (Fsp3) is 0.909. The molecule has 2 rings (SSSR count). The van der Waals surface area contributed by atoms with Crippen molar-refractivity contribution in [2.45, 2.75) is 36.0 Å². The number of halogens is 1. The van der Waals surface area contributed by atoms with Crippen molar-refractivity contribution in [2.75, 3.05) is 27.2 Å². The number of rotatable bonds is 5. The lowest BCUT2D eigenvalue weighted by atomic mass is 10.3. The maximum absolute atomic E-state index is 11.9. The largest absolute Gasteiger partial charge is 0.343 e. The summed E-state index contributed by atoms with van der Waals surface area (Å²) >= 11 is 3.50. The number of nitrogens with zero attached hydrogens (tertiary/aromatic N) is 2. The summed E-state index contributed by atoms with van der Waals surface area (Å²) in [6.07, 6.45) is 4.65. The van der Waals surface area contributed by atoms with Gasteiger partial charge >= 0.3 is 0 Å². The van der Waals surface area contributed by atoms with E-state index in [9.17, 15) is 4.79 Å². The minimum absolute atomic E-state index is 0.195. The number of alkyl halides is 1. The first-order valence-electron chi connectivity index (χ1n) is 5.68. The Hall–Kier alpha value is -0.0900. The van der Waals surface area contributed by atoms with Crippen LogP contribution in [0, 0.1) is 0 Å². The van der Waals surface area contributed by atoms with Crippen LogP contribution in [0.2, 0.25) is 0 Å². The van der Waals surface area contributed by atoms with E-state index < -0.39 is 0 Å². The monoisotopic (exact) mass is 274 g/mol. The highest BCUT2D eigenvalue weighted by molar-refractivity contribution is 9.10. The Labute approximate surface area is 99.9 Å². The number of hydrogen-bond donors (Lipinski definition) is 0. The second-order valence-electron chi connectivity index (χ2n) is 4.90. The first-order chi connectivity index (χ1) is 7.03. The Bertz CT molecular complexity index is 261. The molecule has 0 bridgehead atoms. The molecular formula is C11H19BrN2O.